The zero-order valence-electron chi connectivity index (χ0n) is 15.4. The number of rotatable bonds is 5. The normalized spacial score (nSPS) is 11.4. The fourth-order valence-corrected chi connectivity index (χ4v) is 4.56. The van der Waals surface area contributed by atoms with E-state index in [1.54, 1.807) is 29.2 Å². The van der Waals surface area contributed by atoms with E-state index in [4.69, 9.17) is 4.42 Å². The number of thiophene rings is 1. The third kappa shape index (κ3) is 3.70. The first-order valence-electron chi connectivity index (χ1n) is 8.58. The van der Waals surface area contributed by atoms with Gasteiger partial charge in [0.2, 0.25) is 0 Å². The van der Waals surface area contributed by atoms with Crippen molar-refractivity contribution >= 4 is 34.1 Å². The van der Waals surface area contributed by atoms with E-state index < -0.39 is 0 Å². The van der Waals surface area contributed by atoms with Crippen LogP contribution in [0.25, 0.3) is 11.0 Å². The standard InChI is InChI=1S/C20H19N3O2S2/c1-12-7-16-14(9-19(24)25-17(16)8-13(12)2)11-27-20-22-21-18(23(20)3)10-15-5-4-6-26-15/h4-9H,10-11H2,1-3H3. The van der Waals surface area contributed by atoms with Crippen molar-refractivity contribution < 1.29 is 4.42 Å². The van der Waals surface area contributed by atoms with Gasteiger partial charge in [-0.3, -0.25) is 0 Å². The van der Waals surface area contributed by atoms with Crippen LogP contribution in [-0.2, 0) is 19.2 Å². The second-order valence-corrected chi connectivity index (χ2v) is 8.50. The van der Waals surface area contributed by atoms with E-state index in [1.807, 2.05) is 30.7 Å². The molecule has 138 valence electrons. The van der Waals surface area contributed by atoms with Crippen LogP contribution in [0.1, 0.15) is 27.4 Å². The van der Waals surface area contributed by atoms with Gasteiger partial charge in [-0.05, 0) is 54.1 Å². The monoisotopic (exact) mass is 397 g/mol. The second kappa shape index (κ2) is 7.32. The predicted molar refractivity (Wildman–Crippen MR) is 110 cm³/mol. The smallest absolute Gasteiger partial charge is 0.336 e. The molecule has 0 radical (unpaired) electrons. The van der Waals surface area contributed by atoms with Gasteiger partial charge in [0.05, 0.1) is 0 Å². The Morgan fingerprint density at radius 3 is 2.78 bits per heavy atom. The lowest BCUT2D eigenvalue weighted by Gasteiger charge is -2.08. The van der Waals surface area contributed by atoms with Gasteiger partial charge in [-0.2, -0.15) is 0 Å². The summed E-state index contributed by atoms with van der Waals surface area (Å²) < 4.78 is 7.40. The van der Waals surface area contributed by atoms with Crippen molar-refractivity contribution in [3.8, 4) is 0 Å². The summed E-state index contributed by atoms with van der Waals surface area (Å²) in [7, 11) is 1.98. The summed E-state index contributed by atoms with van der Waals surface area (Å²) in [5.41, 5.74) is 3.56. The molecule has 0 aliphatic rings. The molecular weight excluding hydrogens is 378 g/mol. The zero-order chi connectivity index (χ0) is 19.0. The van der Waals surface area contributed by atoms with Gasteiger partial charge in [0, 0.05) is 35.6 Å². The summed E-state index contributed by atoms with van der Waals surface area (Å²) in [4.78, 5) is 13.2. The van der Waals surface area contributed by atoms with Crippen molar-refractivity contribution in [2.45, 2.75) is 31.2 Å². The van der Waals surface area contributed by atoms with Crippen LogP contribution in [0.4, 0.5) is 0 Å². The average Bonchev–Trinajstić information content (AvgIpc) is 3.26. The van der Waals surface area contributed by atoms with Crippen molar-refractivity contribution in [2.75, 3.05) is 0 Å². The number of hydrogen-bond acceptors (Lipinski definition) is 6. The van der Waals surface area contributed by atoms with Gasteiger partial charge >= 0.3 is 5.63 Å². The molecule has 0 fully saturated rings. The molecule has 27 heavy (non-hydrogen) atoms. The highest BCUT2D eigenvalue weighted by Gasteiger charge is 2.13. The van der Waals surface area contributed by atoms with Gasteiger partial charge in [0.15, 0.2) is 5.16 Å². The first kappa shape index (κ1) is 18.0. The molecule has 0 N–H and O–H groups in total. The van der Waals surface area contributed by atoms with E-state index in [1.165, 1.54) is 10.4 Å². The Morgan fingerprint density at radius 1 is 1.19 bits per heavy atom. The quantitative estimate of drug-likeness (QED) is 0.367. The van der Waals surface area contributed by atoms with Crippen LogP contribution in [0.15, 0.2) is 50.1 Å². The highest BCUT2D eigenvalue weighted by Crippen LogP contribution is 2.27. The maximum Gasteiger partial charge on any atom is 0.336 e. The van der Waals surface area contributed by atoms with Crippen LogP contribution in [0.2, 0.25) is 0 Å². The molecule has 7 heteroatoms. The van der Waals surface area contributed by atoms with E-state index in [9.17, 15) is 4.79 Å². The fourth-order valence-electron chi connectivity index (χ4n) is 2.94. The molecule has 0 atom stereocenters. The molecule has 0 bridgehead atoms. The summed E-state index contributed by atoms with van der Waals surface area (Å²) in [6.45, 7) is 4.08. The molecule has 0 amide bonds. The molecule has 0 aliphatic heterocycles. The molecule has 0 spiro atoms. The molecule has 5 nitrogen and oxygen atoms in total. The highest BCUT2D eigenvalue weighted by atomic mass is 32.2. The maximum absolute atomic E-state index is 12.0. The first-order chi connectivity index (χ1) is 13.0. The molecule has 3 heterocycles. The third-order valence-corrected chi connectivity index (χ3v) is 6.58. The SMILES string of the molecule is Cc1cc2oc(=O)cc(CSc3nnc(Cc4cccs4)n3C)c2cc1C. The van der Waals surface area contributed by atoms with Crippen molar-refractivity contribution in [3.05, 3.63) is 73.5 Å². The minimum atomic E-state index is -0.322. The fraction of sp³-hybridized carbons (Fsp3) is 0.250. The minimum absolute atomic E-state index is 0.322. The Morgan fingerprint density at radius 2 is 2.00 bits per heavy atom. The number of hydrogen-bond donors (Lipinski definition) is 0. The average molecular weight is 398 g/mol. The highest BCUT2D eigenvalue weighted by molar-refractivity contribution is 7.98. The van der Waals surface area contributed by atoms with Gasteiger partial charge in [-0.1, -0.05) is 17.8 Å². The van der Waals surface area contributed by atoms with E-state index >= 15 is 0 Å². The Bertz CT molecular complexity index is 1160. The minimum Gasteiger partial charge on any atom is -0.423 e. The Labute approximate surface area is 165 Å². The molecule has 1 aromatic carbocycles. The van der Waals surface area contributed by atoms with Crippen molar-refractivity contribution in [3.63, 3.8) is 0 Å². The van der Waals surface area contributed by atoms with Crippen LogP contribution in [-0.4, -0.2) is 14.8 Å². The third-order valence-electron chi connectivity index (χ3n) is 4.64. The van der Waals surface area contributed by atoms with Crippen LogP contribution >= 0.6 is 23.1 Å². The van der Waals surface area contributed by atoms with E-state index in [0.29, 0.717) is 11.3 Å². The first-order valence-corrected chi connectivity index (χ1v) is 10.4. The van der Waals surface area contributed by atoms with Crippen molar-refractivity contribution in [1.29, 1.82) is 0 Å². The zero-order valence-corrected chi connectivity index (χ0v) is 17.0. The number of aromatic nitrogens is 3. The lowest BCUT2D eigenvalue weighted by Crippen LogP contribution is -2.02. The summed E-state index contributed by atoms with van der Waals surface area (Å²) in [6, 6.07) is 9.74. The topological polar surface area (TPSA) is 60.9 Å². The number of thioether (sulfide) groups is 1. The van der Waals surface area contributed by atoms with Crippen molar-refractivity contribution in [2.24, 2.45) is 7.05 Å². The summed E-state index contributed by atoms with van der Waals surface area (Å²) in [5, 5.41) is 12.5. The lowest BCUT2D eigenvalue weighted by atomic mass is 10.0. The molecule has 0 saturated heterocycles. The van der Waals surface area contributed by atoms with E-state index in [2.05, 4.69) is 34.6 Å². The molecule has 0 unspecified atom stereocenters. The number of aryl methyl sites for hydroxylation is 2. The van der Waals surface area contributed by atoms with E-state index in [-0.39, 0.29) is 5.63 Å². The van der Waals surface area contributed by atoms with E-state index in [0.717, 1.165) is 33.9 Å². The summed E-state index contributed by atoms with van der Waals surface area (Å²) in [5.74, 6) is 1.57. The molecule has 3 aromatic heterocycles. The Kier molecular flexibility index (Phi) is 4.88. The van der Waals surface area contributed by atoms with Crippen LogP contribution in [0.5, 0.6) is 0 Å². The van der Waals surface area contributed by atoms with Crippen LogP contribution < -0.4 is 5.63 Å². The van der Waals surface area contributed by atoms with Crippen LogP contribution in [0, 0.1) is 13.8 Å². The second-order valence-electron chi connectivity index (χ2n) is 6.53. The molecular formula is C20H19N3O2S2. The van der Waals surface area contributed by atoms with Gasteiger partial charge in [0.25, 0.3) is 0 Å². The number of nitrogens with zero attached hydrogens (tertiary/aromatic N) is 3. The van der Waals surface area contributed by atoms with Gasteiger partial charge < -0.3 is 8.98 Å². The largest absolute Gasteiger partial charge is 0.423 e. The molecule has 0 aliphatic carbocycles. The number of fused-ring (bicyclic) bond motifs is 1. The lowest BCUT2D eigenvalue weighted by molar-refractivity contribution is 0.559. The Balaban J connectivity index is 1.60. The Hall–Kier alpha value is -2.38. The molecule has 4 aromatic rings. The molecule has 0 saturated carbocycles. The molecule has 4 rings (SSSR count). The summed E-state index contributed by atoms with van der Waals surface area (Å²) >= 11 is 3.30. The van der Waals surface area contributed by atoms with Gasteiger partial charge in [0.1, 0.15) is 11.4 Å². The predicted octanol–water partition coefficient (Wildman–Crippen LogP) is 4.48. The number of benzene rings is 1. The maximum atomic E-state index is 12.0. The van der Waals surface area contributed by atoms with Crippen LogP contribution in [0.3, 0.4) is 0 Å². The summed E-state index contributed by atoms with van der Waals surface area (Å²) in [6.07, 6.45) is 0.776. The van der Waals surface area contributed by atoms with Gasteiger partial charge in [-0.15, -0.1) is 21.5 Å². The van der Waals surface area contributed by atoms with Gasteiger partial charge in [-0.25, -0.2) is 4.79 Å². The van der Waals surface area contributed by atoms with Crippen molar-refractivity contribution in [1.82, 2.24) is 14.8 Å².